The van der Waals surface area contributed by atoms with Gasteiger partial charge in [0.2, 0.25) is 5.89 Å². The molecule has 0 unspecified atom stereocenters. The molecule has 0 bridgehead atoms. The van der Waals surface area contributed by atoms with Crippen molar-refractivity contribution >= 4 is 5.97 Å². The highest BCUT2D eigenvalue weighted by molar-refractivity contribution is 5.89. The third kappa shape index (κ3) is 2.53. The van der Waals surface area contributed by atoms with Crippen LogP contribution in [0.5, 0.6) is 0 Å². The van der Waals surface area contributed by atoms with Crippen LogP contribution in [-0.2, 0) is 6.42 Å². The van der Waals surface area contributed by atoms with E-state index in [2.05, 4.69) is 15.3 Å². The topological polar surface area (TPSA) is 102 Å². The number of hydrogen-bond donors (Lipinski definition) is 1. The lowest BCUT2D eigenvalue weighted by Gasteiger charge is -1.99. The molecule has 0 fully saturated rings. The number of hydrogen-bond acceptors (Lipinski definition) is 6. The van der Waals surface area contributed by atoms with Gasteiger partial charge in [0, 0.05) is 11.1 Å². The number of carbonyl (C=O) groups is 1. The van der Waals surface area contributed by atoms with Crippen LogP contribution in [0, 0.1) is 6.92 Å². The number of aromatic nitrogens is 3. The van der Waals surface area contributed by atoms with Crippen molar-refractivity contribution in [1.82, 2.24) is 15.3 Å². The molecule has 0 spiro atoms. The van der Waals surface area contributed by atoms with Gasteiger partial charge >= 0.3 is 5.97 Å². The number of aryl methyl sites for hydroxylation is 1. The number of benzene rings is 1. The highest BCUT2D eigenvalue weighted by Crippen LogP contribution is 2.28. The SMILES string of the molecule is Cc1noc(Cc2c(C(=O)O)noc2-c2ccccc2)n1. The van der Waals surface area contributed by atoms with Gasteiger partial charge in [-0.3, -0.25) is 0 Å². The van der Waals surface area contributed by atoms with Crippen molar-refractivity contribution in [2.24, 2.45) is 0 Å². The van der Waals surface area contributed by atoms with Gasteiger partial charge in [-0.15, -0.1) is 0 Å². The Balaban J connectivity index is 2.07. The maximum Gasteiger partial charge on any atom is 0.358 e. The third-order valence-corrected chi connectivity index (χ3v) is 2.92. The second kappa shape index (κ2) is 5.20. The molecular weight excluding hydrogens is 274 g/mol. The highest BCUT2D eigenvalue weighted by Gasteiger charge is 2.24. The maximum absolute atomic E-state index is 11.3. The standard InChI is InChI=1S/C14H11N3O4/c1-8-15-11(20-16-8)7-10-12(14(18)19)17-21-13(10)9-5-3-2-4-6-9/h2-6H,7H2,1H3,(H,18,19). The van der Waals surface area contributed by atoms with E-state index in [9.17, 15) is 9.90 Å². The van der Waals surface area contributed by atoms with Crippen LogP contribution in [0.25, 0.3) is 11.3 Å². The summed E-state index contributed by atoms with van der Waals surface area (Å²) in [5.41, 5.74) is 1.01. The fourth-order valence-electron chi connectivity index (χ4n) is 2.02. The number of rotatable bonds is 4. The van der Waals surface area contributed by atoms with Crippen LogP contribution in [0.15, 0.2) is 39.4 Å². The van der Waals surface area contributed by atoms with E-state index in [1.807, 2.05) is 30.3 Å². The van der Waals surface area contributed by atoms with Crippen molar-refractivity contribution < 1.29 is 18.9 Å². The molecule has 0 amide bonds. The summed E-state index contributed by atoms with van der Waals surface area (Å²) in [6.45, 7) is 1.69. The van der Waals surface area contributed by atoms with Crippen molar-refractivity contribution in [2.75, 3.05) is 0 Å². The largest absolute Gasteiger partial charge is 0.476 e. The van der Waals surface area contributed by atoms with E-state index in [0.29, 0.717) is 23.0 Å². The molecule has 1 N–H and O–H groups in total. The van der Waals surface area contributed by atoms with Gasteiger partial charge < -0.3 is 14.2 Å². The van der Waals surface area contributed by atoms with E-state index >= 15 is 0 Å². The fourth-order valence-corrected chi connectivity index (χ4v) is 2.02. The molecule has 0 aliphatic carbocycles. The van der Waals surface area contributed by atoms with Gasteiger partial charge in [0.1, 0.15) is 0 Å². The highest BCUT2D eigenvalue weighted by atomic mass is 16.5. The first kappa shape index (κ1) is 13.0. The van der Waals surface area contributed by atoms with E-state index in [1.54, 1.807) is 6.92 Å². The molecule has 3 aromatic rings. The van der Waals surface area contributed by atoms with E-state index in [4.69, 9.17) is 9.05 Å². The second-order valence-corrected chi connectivity index (χ2v) is 4.42. The zero-order valence-corrected chi connectivity index (χ0v) is 11.1. The van der Waals surface area contributed by atoms with Gasteiger partial charge in [0.05, 0.1) is 6.42 Å². The van der Waals surface area contributed by atoms with Gasteiger partial charge in [-0.2, -0.15) is 4.98 Å². The van der Waals surface area contributed by atoms with E-state index in [-0.39, 0.29) is 12.1 Å². The lowest BCUT2D eigenvalue weighted by atomic mass is 10.0. The minimum absolute atomic E-state index is 0.148. The molecule has 106 valence electrons. The van der Waals surface area contributed by atoms with E-state index < -0.39 is 5.97 Å². The third-order valence-electron chi connectivity index (χ3n) is 2.92. The Kier molecular flexibility index (Phi) is 3.23. The molecule has 0 aliphatic heterocycles. The zero-order valence-electron chi connectivity index (χ0n) is 11.1. The average molecular weight is 285 g/mol. The van der Waals surface area contributed by atoms with E-state index in [0.717, 1.165) is 5.56 Å². The Morgan fingerprint density at radius 3 is 2.57 bits per heavy atom. The molecule has 0 saturated carbocycles. The first-order chi connectivity index (χ1) is 10.1. The van der Waals surface area contributed by atoms with Crippen LogP contribution in [0.1, 0.15) is 27.8 Å². The predicted molar refractivity (Wildman–Crippen MR) is 70.7 cm³/mol. The van der Waals surface area contributed by atoms with Crippen LogP contribution in [0.3, 0.4) is 0 Å². The number of nitrogens with zero attached hydrogens (tertiary/aromatic N) is 3. The second-order valence-electron chi connectivity index (χ2n) is 4.42. The predicted octanol–water partition coefficient (Wildman–Crippen LogP) is 2.32. The van der Waals surface area contributed by atoms with Crippen molar-refractivity contribution in [3.05, 3.63) is 53.3 Å². The normalized spacial score (nSPS) is 10.7. The van der Waals surface area contributed by atoms with Gasteiger partial charge in [-0.25, -0.2) is 4.79 Å². The molecule has 0 atom stereocenters. The quantitative estimate of drug-likeness (QED) is 0.784. The van der Waals surface area contributed by atoms with Crippen LogP contribution in [0.2, 0.25) is 0 Å². The summed E-state index contributed by atoms with van der Waals surface area (Å²) in [5, 5.41) is 16.5. The average Bonchev–Trinajstić information content (AvgIpc) is 3.07. The van der Waals surface area contributed by atoms with Crippen LogP contribution < -0.4 is 0 Å². The summed E-state index contributed by atoms with van der Waals surface area (Å²) < 4.78 is 10.2. The lowest BCUT2D eigenvalue weighted by molar-refractivity contribution is 0.0685. The van der Waals surface area contributed by atoms with Crippen molar-refractivity contribution in [3.63, 3.8) is 0 Å². The zero-order chi connectivity index (χ0) is 14.8. The van der Waals surface area contributed by atoms with Crippen LogP contribution in [-0.4, -0.2) is 26.4 Å². The molecular formula is C14H11N3O4. The molecule has 21 heavy (non-hydrogen) atoms. The Morgan fingerprint density at radius 1 is 1.19 bits per heavy atom. The van der Waals surface area contributed by atoms with Crippen molar-refractivity contribution in [3.8, 4) is 11.3 Å². The summed E-state index contributed by atoms with van der Waals surface area (Å²) in [6.07, 6.45) is 0.149. The molecule has 0 saturated heterocycles. The van der Waals surface area contributed by atoms with Crippen molar-refractivity contribution in [2.45, 2.75) is 13.3 Å². The molecule has 0 aliphatic rings. The maximum atomic E-state index is 11.3. The summed E-state index contributed by atoms with van der Waals surface area (Å²) in [5.74, 6) is 0.0333. The Morgan fingerprint density at radius 2 is 1.95 bits per heavy atom. The molecule has 7 nitrogen and oxygen atoms in total. The van der Waals surface area contributed by atoms with E-state index in [1.165, 1.54) is 0 Å². The molecule has 0 radical (unpaired) electrons. The monoisotopic (exact) mass is 285 g/mol. The van der Waals surface area contributed by atoms with Crippen LogP contribution >= 0.6 is 0 Å². The number of aromatic carboxylic acids is 1. The summed E-state index contributed by atoms with van der Waals surface area (Å²) in [7, 11) is 0. The minimum Gasteiger partial charge on any atom is -0.476 e. The molecule has 3 rings (SSSR count). The number of carboxylic acid groups (broad SMARTS) is 1. The van der Waals surface area contributed by atoms with Crippen LogP contribution in [0.4, 0.5) is 0 Å². The van der Waals surface area contributed by atoms with Gasteiger partial charge in [0.15, 0.2) is 17.3 Å². The number of carboxylic acids is 1. The minimum atomic E-state index is -1.16. The molecule has 1 aromatic carbocycles. The first-order valence-electron chi connectivity index (χ1n) is 6.21. The fraction of sp³-hybridized carbons (Fsp3) is 0.143. The van der Waals surface area contributed by atoms with Crippen molar-refractivity contribution in [1.29, 1.82) is 0 Å². The smallest absolute Gasteiger partial charge is 0.358 e. The van der Waals surface area contributed by atoms with Gasteiger partial charge in [-0.05, 0) is 6.92 Å². The molecule has 2 heterocycles. The summed E-state index contributed by atoms with van der Waals surface area (Å²) in [4.78, 5) is 15.4. The molecule has 7 heteroatoms. The summed E-state index contributed by atoms with van der Waals surface area (Å²) in [6, 6.07) is 9.15. The lowest BCUT2D eigenvalue weighted by Crippen LogP contribution is -2.03. The Bertz CT molecular complexity index is 777. The van der Waals surface area contributed by atoms with Gasteiger partial charge in [0.25, 0.3) is 0 Å². The Labute approximate surface area is 119 Å². The summed E-state index contributed by atoms with van der Waals surface area (Å²) >= 11 is 0. The Hall–Kier alpha value is -2.96. The molecule has 2 aromatic heterocycles. The first-order valence-corrected chi connectivity index (χ1v) is 6.21. The van der Waals surface area contributed by atoms with Gasteiger partial charge in [-0.1, -0.05) is 40.6 Å².